The summed E-state index contributed by atoms with van der Waals surface area (Å²) in [7, 11) is 0. The largest absolute Gasteiger partial charge is 2.00 e. The van der Waals surface area contributed by atoms with Crippen LogP contribution in [0.3, 0.4) is 0 Å². The van der Waals surface area contributed by atoms with Gasteiger partial charge in [0, 0.05) is 0 Å². The fourth-order valence-corrected chi connectivity index (χ4v) is 0.415. The molecule has 0 fully saturated rings. The molecule has 0 aliphatic rings. The van der Waals surface area contributed by atoms with Crippen molar-refractivity contribution in [3.8, 4) is 0 Å². The predicted octanol–water partition coefficient (Wildman–Crippen LogP) is 0.526. The van der Waals surface area contributed by atoms with E-state index in [2.05, 4.69) is 4.74 Å². The van der Waals surface area contributed by atoms with Gasteiger partial charge in [0.2, 0.25) is 0 Å². The minimum Gasteiger partial charge on any atom is -0.466 e. The molecule has 0 spiro atoms. The third-order valence-corrected chi connectivity index (χ3v) is 0.699. The van der Waals surface area contributed by atoms with Gasteiger partial charge in [-0.05, 0) is 13.8 Å². The van der Waals surface area contributed by atoms with Crippen LogP contribution in [-0.2, 0) is 31.4 Å². The number of rotatable bonds is 3. The normalized spacial score (nSPS) is 7.80. The number of carbonyl (C=O) groups excluding carboxylic acids is 2. The quantitative estimate of drug-likeness (QED) is 0.366. The van der Waals surface area contributed by atoms with Gasteiger partial charge < -0.3 is 4.74 Å². The molecule has 0 aliphatic carbocycles. The van der Waals surface area contributed by atoms with Crippen molar-refractivity contribution in [2.24, 2.45) is 0 Å². The molecule has 4 heteroatoms. The zero-order valence-electron chi connectivity index (χ0n) is 5.99. The van der Waals surface area contributed by atoms with Crippen molar-refractivity contribution in [2.45, 2.75) is 20.3 Å². The molecule has 3 nitrogen and oxygen atoms in total. The van der Waals surface area contributed by atoms with E-state index in [1.807, 2.05) is 0 Å². The van der Waals surface area contributed by atoms with E-state index in [0.717, 1.165) is 0 Å². The summed E-state index contributed by atoms with van der Waals surface area (Å²) in [5.74, 6) is -0.599. The Balaban J connectivity index is 0. The van der Waals surface area contributed by atoms with Gasteiger partial charge in [-0.15, -0.1) is 0 Å². The second kappa shape index (κ2) is 6.77. The summed E-state index contributed by atoms with van der Waals surface area (Å²) in [6.07, 6.45) is -0.103. The molecule has 0 saturated carbocycles. The smallest absolute Gasteiger partial charge is 0.466 e. The maximum absolute atomic E-state index is 10.4. The molecule has 0 aromatic carbocycles. The molecule has 0 unspecified atom stereocenters. The van der Waals surface area contributed by atoms with Crippen LogP contribution in [0.4, 0.5) is 0 Å². The zero-order valence-corrected chi connectivity index (χ0v) is 7.10. The third kappa shape index (κ3) is 7.66. The Morgan fingerprint density at radius 1 is 1.40 bits per heavy atom. The molecule has 0 aromatic heterocycles. The Morgan fingerprint density at radius 3 is 2.20 bits per heavy atom. The van der Waals surface area contributed by atoms with Crippen molar-refractivity contribution in [1.29, 1.82) is 0 Å². The molecule has 0 radical (unpaired) electrons. The molecule has 0 bridgehead atoms. The molecule has 0 saturated heterocycles. The SMILES string of the molecule is CCOC(=O)CC(C)=O.[Fe+2]. The molecule has 0 rings (SSSR count). The summed E-state index contributed by atoms with van der Waals surface area (Å²) >= 11 is 0. The molecular weight excluding hydrogens is 176 g/mol. The average Bonchev–Trinajstić information content (AvgIpc) is 1.63. The summed E-state index contributed by atoms with van der Waals surface area (Å²) in [5, 5.41) is 0. The maximum atomic E-state index is 10.4. The van der Waals surface area contributed by atoms with Crippen LogP contribution in [0.15, 0.2) is 0 Å². The van der Waals surface area contributed by atoms with Crippen LogP contribution >= 0.6 is 0 Å². The van der Waals surface area contributed by atoms with Crippen molar-refractivity contribution in [3.63, 3.8) is 0 Å². The van der Waals surface area contributed by atoms with Crippen molar-refractivity contribution in [2.75, 3.05) is 6.61 Å². The van der Waals surface area contributed by atoms with Gasteiger partial charge in [0.05, 0.1) is 6.61 Å². The van der Waals surface area contributed by atoms with Crippen LogP contribution in [0.2, 0.25) is 0 Å². The third-order valence-electron chi connectivity index (χ3n) is 0.699. The summed E-state index contributed by atoms with van der Waals surface area (Å²) in [6.45, 7) is 3.40. The van der Waals surface area contributed by atoms with Gasteiger partial charge in [0.1, 0.15) is 12.2 Å². The van der Waals surface area contributed by atoms with Crippen LogP contribution in [0.1, 0.15) is 20.3 Å². The summed E-state index contributed by atoms with van der Waals surface area (Å²) in [5.41, 5.74) is 0. The Morgan fingerprint density at radius 2 is 1.90 bits per heavy atom. The minimum absolute atomic E-state index is 0. The van der Waals surface area contributed by atoms with Crippen LogP contribution in [-0.4, -0.2) is 18.4 Å². The van der Waals surface area contributed by atoms with Crippen LogP contribution in [0.5, 0.6) is 0 Å². The van der Waals surface area contributed by atoms with Crippen molar-refractivity contribution in [3.05, 3.63) is 0 Å². The molecule has 0 amide bonds. The van der Waals surface area contributed by atoms with Gasteiger partial charge >= 0.3 is 23.0 Å². The monoisotopic (exact) mass is 186 g/mol. The molecule has 0 heterocycles. The first-order valence-electron chi connectivity index (χ1n) is 2.82. The van der Waals surface area contributed by atoms with Gasteiger partial charge in [-0.25, -0.2) is 0 Å². The number of ketones is 1. The molecule has 0 N–H and O–H groups in total. The first kappa shape index (κ1) is 12.3. The van der Waals surface area contributed by atoms with E-state index in [1.54, 1.807) is 6.92 Å². The number of Topliss-reactive ketones (excluding diaryl/α,β-unsaturated/α-hetero) is 1. The van der Waals surface area contributed by atoms with Crippen molar-refractivity contribution in [1.82, 2.24) is 0 Å². The number of hydrogen-bond donors (Lipinski definition) is 0. The first-order valence-corrected chi connectivity index (χ1v) is 2.82. The van der Waals surface area contributed by atoms with Gasteiger partial charge in [-0.3, -0.25) is 9.59 Å². The first-order chi connectivity index (χ1) is 4.16. The van der Waals surface area contributed by atoms with E-state index in [1.165, 1.54) is 6.92 Å². The van der Waals surface area contributed by atoms with Gasteiger partial charge in [0.25, 0.3) is 0 Å². The van der Waals surface area contributed by atoms with E-state index < -0.39 is 5.97 Å². The Labute approximate surface area is 70.6 Å². The van der Waals surface area contributed by atoms with Crippen LogP contribution < -0.4 is 0 Å². The number of hydrogen-bond acceptors (Lipinski definition) is 3. The van der Waals surface area contributed by atoms with E-state index >= 15 is 0 Å². The van der Waals surface area contributed by atoms with E-state index in [0.29, 0.717) is 6.61 Å². The van der Waals surface area contributed by atoms with Crippen LogP contribution in [0.25, 0.3) is 0 Å². The number of carbonyl (C=O) groups is 2. The predicted molar refractivity (Wildman–Crippen MR) is 31.9 cm³/mol. The number of ether oxygens (including phenoxy) is 1. The van der Waals surface area contributed by atoms with Crippen molar-refractivity contribution >= 4 is 11.8 Å². The Kier molecular flexibility index (Phi) is 8.36. The number of esters is 1. The minimum atomic E-state index is -0.440. The fourth-order valence-electron chi connectivity index (χ4n) is 0.415. The Bertz CT molecular complexity index is 122. The van der Waals surface area contributed by atoms with Gasteiger partial charge in [-0.1, -0.05) is 0 Å². The standard InChI is InChI=1S/C6H10O3.Fe/c1-3-9-6(8)4-5(2)7;/h3-4H2,1-2H3;/q;+2. The molecule has 0 aliphatic heterocycles. The van der Waals surface area contributed by atoms with E-state index in [4.69, 9.17) is 0 Å². The summed E-state index contributed by atoms with van der Waals surface area (Å²) in [6, 6.07) is 0. The summed E-state index contributed by atoms with van der Waals surface area (Å²) < 4.78 is 4.49. The Hall–Kier alpha value is -0.341. The molecule has 0 atom stereocenters. The zero-order chi connectivity index (χ0) is 7.28. The van der Waals surface area contributed by atoms with Gasteiger partial charge in [0.15, 0.2) is 0 Å². The van der Waals surface area contributed by atoms with Crippen molar-refractivity contribution < 1.29 is 31.4 Å². The van der Waals surface area contributed by atoms with Crippen LogP contribution in [0, 0.1) is 0 Å². The second-order valence-corrected chi connectivity index (χ2v) is 1.68. The average molecular weight is 186 g/mol. The second-order valence-electron chi connectivity index (χ2n) is 1.68. The molecule has 58 valence electrons. The van der Waals surface area contributed by atoms with E-state index in [-0.39, 0.29) is 29.3 Å². The molecular formula is C6H10FeO3+2. The topological polar surface area (TPSA) is 43.4 Å². The maximum Gasteiger partial charge on any atom is 2.00 e. The summed E-state index contributed by atoms with van der Waals surface area (Å²) in [4.78, 5) is 20.6. The fraction of sp³-hybridized carbons (Fsp3) is 0.667. The van der Waals surface area contributed by atoms with Gasteiger partial charge in [-0.2, -0.15) is 0 Å². The molecule has 10 heavy (non-hydrogen) atoms. The molecule has 0 aromatic rings. The van der Waals surface area contributed by atoms with E-state index in [9.17, 15) is 9.59 Å².